The Labute approximate surface area is 128 Å². The standard InChI is InChI=1S/C18H28N2O/c1-4-15(3)19-18(21)17-7-5-16(6-8-17)13-20-11-9-14(2)10-12-20/h5-8,14-15H,4,9-13H2,1-3H3,(H,19,21)/t15-/m1/s1. The maximum atomic E-state index is 12.0. The molecule has 1 N–H and O–H groups in total. The summed E-state index contributed by atoms with van der Waals surface area (Å²) < 4.78 is 0. The third-order valence-electron chi connectivity index (χ3n) is 4.49. The molecule has 0 saturated carbocycles. The molecule has 2 rings (SSSR count). The molecule has 0 aliphatic carbocycles. The second kappa shape index (κ2) is 7.60. The molecule has 1 heterocycles. The lowest BCUT2D eigenvalue weighted by molar-refractivity contribution is 0.0939. The van der Waals surface area contributed by atoms with Gasteiger partial charge >= 0.3 is 0 Å². The molecule has 116 valence electrons. The molecule has 1 aliphatic rings. The van der Waals surface area contributed by atoms with E-state index in [2.05, 4.69) is 36.2 Å². The second-order valence-corrected chi connectivity index (χ2v) is 6.44. The number of nitrogens with one attached hydrogen (secondary N) is 1. The number of hydrogen-bond acceptors (Lipinski definition) is 2. The number of nitrogens with zero attached hydrogens (tertiary/aromatic N) is 1. The molecule has 3 nitrogen and oxygen atoms in total. The second-order valence-electron chi connectivity index (χ2n) is 6.44. The summed E-state index contributed by atoms with van der Waals surface area (Å²) in [6.07, 6.45) is 3.56. The van der Waals surface area contributed by atoms with Crippen molar-refractivity contribution in [1.82, 2.24) is 10.2 Å². The molecule has 1 aliphatic heterocycles. The molecule has 1 fully saturated rings. The van der Waals surface area contributed by atoms with E-state index in [9.17, 15) is 4.79 Å². The van der Waals surface area contributed by atoms with Crippen LogP contribution in [0.4, 0.5) is 0 Å². The number of likely N-dealkylation sites (tertiary alicyclic amines) is 1. The van der Waals surface area contributed by atoms with Crippen LogP contribution < -0.4 is 5.32 Å². The molecule has 21 heavy (non-hydrogen) atoms. The Bertz CT molecular complexity index is 447. The first-order valence-electron chi connectivity index (χ1n) is 8.20. The van der Waals surface area contributed by atoms with E-state index < -0.39 is 0 Å². The van der Waals surface area contributed by atoms with Gasteiger partial charge in [-0.2, -0.15) is 0 Å². The Morgan fingerprint density at radius 3 is 2.48 bits per heavy atom. The highest BCUT2D eigenvalue weighted by molar-refractivity contribution is 5.94. The van der Waals surface area contributed by atoms with Gasteiger partial charge in [0.1, 0.15) is 0 Å². The van der Waals surface area contributed by atoms with Gasteiger partial charge in [-0.3, -0.25) is 9.69 Å². The van der Waals surface area contributed by atoms with Crippen LogP contribution in [0, 0.1) is 5.92 Å². The molecule has 0 radical (unpaired) electrons. The van der Waals surface area contributed by atoms with Gasteiger partial charge in [-0.05, 0) is 62.9 Å². The fourth-order valence-electron chi connectivity index (χ4n) is 2.65. The zero-order chi connectivity index (χ0) is 15.2. The Morgan fingerprint density at radius 2 is 1.90 bits per heavy atom. The molecule has 1 aromatic rings. The molecule has 0 unspecified atom stereocenters. The molecule has 1 saturated heterocycles. The Balaban J connectivity index is 1.88. The van der Waals surface area contributed by atoms with Gasteiger partial charge in [0.05, 0.1) is 0 Å². The average molecular weight is 288 g/mol. The largest absolute Gasteiger partial charge is 0.350 e. The predicted octanol–water partition coefficient (Wildman–Crippen LogP) is 3.45. The lowest BCUT2D eigenvalue weighted by Gasteiger charge is -2.30. The molecule has 0 spiro atoms. The maximum Gasteiger partial charge on any atom is 0.251 e. The van der Waals surface area contributed by atoms with Crippen molar-refractivity contribution in [2.45, 2.75) is 52.6 Å². The fraction of sp³-hybridized carbons (Fsp3) is 0.611. The van der Waals surface area contributed by atoms with Crippen LogP contribution in [0.1, 0.15) is 56.0 Å². The van der Waals surface area contributed by atoms with Crippen LogP contribution in [0.5, 0.6) is 0 Å². The van der Waals surface area contributed by atoms with Gasteiger partial charge in [-0.1, -0.05) is 26.0 Å². The zero-order valence-electron chi connectivity index (χ0n) is 13.6. The Hall–Kier alpha value is -1.35. The van der Waals surface area contributed by atoms with E-state index in [-0.39, 0.29) is 11.9 Å². The van der Waals surface area contributed by atoms with Crippen LogP contribution >= 0.6 is 0 Å². The lowest BCUT2D eigenvalue weighted by atomic mass is 9.99. The van der Waals surface area contributed by atoms with Crippen LogP contribution in [0.15, 0.2) is 24.3 Å². The SMILES string of the molecule is CC[C@@H](C)NC(=O)c1ccc(CN2CCC(C)CC2)cc1. The lowest BCUT2D eigenvalue weighted by Crippen LogP contribution is -2.32. The van der Waals surface area contributed by atoms with E-state index in [1.54, 1.807) is 0 Å². The molecule has 1 amide bonds. The van der Waals surface area contributed by atoms with Crippen molar-refractivity contribution in [1.29, 1.82) is 0 Å². The first kappa shape index (κ1) is 16.0. The molecule has 0 bridgehead atoms. The van der Waals surface area contributed by atoms with Gasteiger partial charge in [0.15, 0.2) is 0 Å². The van der Waals surface area contributed by atoms with Gasteiger partial charge in [0.25, 0.3) is 5.91 Å². The predicted molar refractivity (Wildman–Crippen MR) is 87.3 cm³/mol. The first-order valence-corrected chi connectivity index (χ1v) is 8.20. The number of piperidine rings is 1. The molecular weight excluding hydrogens is 260 g/mol. The van der Waals surface area contributed by atoms with Gasteiger partial charge in [-0.25, -0.2) is 0 Å². The number of amides is 1. The van der Waals surface area contributed by atoms with Crippen molar-refractivity contribution >= 4 is 5.91 Å². The Morgan fingerprint density at radius 1 is 1.29 bits per heavy atom. The zero-order valence-corrected chi connectivity index (χ0v) is 13.6. The van der Waals surface area contributed by atoms with Gasteiger partial charge in [0.2, 0.25) is 0 Å². The fourth-order valence-corrected chi connectivity index (χ4v) is 2.65. The summed E-state index contributed by atoms with van der Waals surface area (Å²) >= 11 is 0. The van der Waals surface area contributed by atoms with Crippen LogP contribution in [-0.4, -0.2) is 29.9 Å². The van der Waals surface area contributed by atoms with Crippen molar-refractivity contribution in [2.75, 3.05) is 13.1 Å². The summed E-state index contributed by atoms with van der Waals surface area (Å²) in [6, 6.07) is 8.29. The van der Waals surface area contributed by atoms with Crippen LogP contribution in [-0.2, 0) is 6.54 Å². The van der Waals surface area contributed by atoms with Crippen molar-refractivity contribution in [3.05, 3.63) is 35.4 Å². The molecular formula is C18H28N2O. The van der Waals surface area contributed by atoms with Crippen LogP contribution in [0.2, 0.25) is 0 Å². The first-order chi connectivity index (χ1) is 10.1. The number of benzene rings is 1. The van der Waals surface area contributed by atoms with E-state index in [0.717, 1.165) is 24.4 Å². The van der Waals surface area contributed by atoms with Crippen LogP contribution in [0.25, 0.3) is 0 Å². The van der Waals surface area contributed by atoms with E-state index in [1.165, 1.54) is 31.5 Å². The minimum Gasteiger partial charge on any atom is -0.350 e. The normalized spacial score (nSPS) is 18.4. The Kier molecular flexibility index (Phi) is 5.80. The summed E-state index contributed by atoms with van der Waals surface area (Å²) in [5.74, 6) is 0.899. The minimum atomic E-state index is 0.0303. The number of rotatable bonds is 5. The third-order valence-corrected chi connectivity index (χ3v) is 4.49. The molecule has 1 atom stereocenters. The van der Waals surface area contributed by atoms with Crippen molar-refractivity contribution in [2.24, 2.45) is 5.92 Å². The van der Waals surface area contributed by atoms with Crippen molar-refractivity contribution in [3.63, 3.8) is 0 Å². The quantitative estimate of drug-likeness (QED) is 0.900. The average Bonchev–Trinajstić information content (AvgIpc) is 2.50. The minimum absolute atomic E-state index is 0.0303. The highest BCUT2D eigenvalue weighted by Crippen LogP contribution is 2.18. The summed E-state index contributed by atoms with van der Waals surface area (Å²) in [5.41, 5.74) is 2.05. The van der Waals surface area contributed by atoms with Crippen molar-refractivity contribution < 1.29 is 4.79 Å². The number of hydrogen-bond donors (Lipinski definition) is 1. The van der Waals surface area contributed by atoms with Gasteiger partial charge in [-0.15, -0.1) is 0 Å². The van der Waals surface area contributed by atoms with Gasteiger partial charge < -0.3 is 5.32 Å². The third kappa shape index (κ3) is 4.85. The topological polar surface area (TPSA) is 32.3 Å². The number of carbonyl (C=O) groups is 1. The number of carbonyl (C=O) groups excluding carboxylic acids is 1. The van der Waals surface area contributed by atoms with E-state index >= 15 is 0 Å². The summed E-state index contributed by atoms with van der Waals surface area (Å²) in [6.45, 7) is 9.83. The van der Waals surface area contributed by atoms with E-state index in [0.29, 0.717) is 0 Å². The molecule has 0 aromatic heterocycles. The van der Waals surface area contributed by atoms with Gasteiger partial charge in [0, 0.05) is 18.2 Å². The van der Waals surface area contributed by atoms with Crippen molar-refractivity contribution in [3.8, 4) is 0 Å². The molecule has 3 heteroatoms. The van der Waals surface area contributed by atoms with E-state index in [1.807, 2.05) is 19.1 Å². The molecule has 1 aromatic carbocycles. The van der Waals surface area contributed by atoms with Crippen LogP contribution in [0.3, 0.4) is 0 Å². The smallest absolute Gasteiger partial charge is 0.251 e. The van der Waals surface area contributed by atoms with E-state index in [4.69, 9.17) is 0 Å². The maximum absolute atomic E-state index is 12.0. The summed E-state index contributed by atoms with van der Waals surface area (Å²) in [7, 11) is 0. The highest BCUT2D eigenvalue weighted by atomic mass is 16.1. The highest BCUT2D eigenvalue weighted by Gasteiger charge is 2.15. The summed E-state index contributed by atoms with van der Waals surface area (Å²) in [4.78, 5) is 14.5. The monoisotopic (exact) mass is 288 g/mol. The summed E-state index contributed by atoms with van der Waals surface area (Å²) in [5, 5.41) is 3.00.